The fourth-order valence-corrected chi connectivity index (χ4v) is 2.26. The maximum atomic E-state index is 13.7. The van der Waals surface area contributed by atoms with E-state index in [-0.39, 0.29) is 6.04 Å². The van der Waals surface area contributed by atoms with Crippen LogP contribution in [0.5, 0.6) is 0 Å². The number of nitrogens with two attached hydrogens (primary N) is 1. The highest BCUT2D eigenvalue weighted by atomic mass is 19.1. The molecule has 19 heavy (non-hydrogen) atoms. The second-order valence-electron chi connectivity index (χ2n) is 4.53. The molecule has 2 rings (SSSR count). The topological polar surface area (TPSA) is 53.6 Å². The van der Waals surface area contributed by atoms with Crippen LogP contribution in [-0.4, -0.2) is 31.6 Å². The minimum atomic E-state index is -0.561. The highest BCUT2D eigenvalue weighted by Crippen LogP contribution is 2.24. The molecule has 3 N–H and O–H groups in total. The third-order valence-electron chi connectivity index (χ3n) is 3.12. The van der Waals surface area contributed by atoms with Crippen LogP contribution in [0, 0.1) is 11.6 Å². The lowest BCUT2D eigenvalue weighted by atomic mass is 10.2. The molecule has 0 aliphatic carbocycles. The van der Waals surface area contributed by atoms with Crippen molar-refractivity contribution in [1.29, 1.82) is 0 Å². The lowest BCUT2D eigenvalue weighted by Gasteiger charge is -2.19. The molecule has 0 saturated carbocycles. The molecule has 0 bridgehead atoms. The summed E-state index contributed by atoms with van der Waals surface area (Å²) in [7, 11) is 0. The highest BCUT2D eigenvalue weighted by molar-refractivity contribution is 5.78. The average Bonchev–Trinajstić information content (AvgIpc) is 2.77. The minimum Gasteiger partial charge on any atom is -0.370 e. The van der Waals surface area contributed by atoms with Gasteiger partial charge in [-0.2, -0.15) is 0 Å². The second kappa shape index (κ2) is 5.86. The number of aliphatic imine (C=N–C) groups is 1. The molecular formula is C13H18F2N4. The van der Waals surface area contributed by atoms with Crippen LogP contribution >= 0.6 is 0 Å². The molecule has 1 unspecified atom stereocenters. The summed E-state index contributed by atoms with van der Waals surface area (Å²) >= 11 is 0. The zero-order valence-corrected chi connectivity index (χ0v) is 10.9. The summed E-state index contributed by atoms with van der Waals surface area (Å²) in [4.78, 5) is 5.94. The van der Waals surface area contributed by atoms with E-state index < -0.39 is 11.6 Å². The van der Waals surface area contributed by atoms with Crippen molar-refractivity contribution >= 4 is 11.6 Å². The van der Waals surface area contributed by atoms with Crippen LogP contribution < -0.4 is 16.0 Å². The molecule has 1 saturated heterocycles. The van der Waals surface area contributed by atoms with Gasteiger partial charge < -0.3 is 16.0 Å². The van der Waals surface area contributed by atoms with Gasteiger partial charge in [-0.15, -0.1) is 0 Å². The Balaban J connectivity index is 2.00. The van der Waals surface area contributed by atoms with E-state index in [1.165, 1.54) is 12.1 Å². The molecule has 1 heterocycles. The van der Waals surface area contributed by atoms with Crippen molar-refractivity contribution in [2.75, 3.05) is 24.5 Å². The molecule has 1 aliphatic rings. The molecule has 0 radical (unpaired) electrons. The standard InChI is InChI=1S/C13H18F2N4/c1-2-17-13(16)18-10-5-6-19(8-10)12-4-3-9(14)7-11(12)15/h3-4,7,10H,2,5-6,8H2,1H3,(H3,16,17,18). The zero-order chi connectivity index (χ0) is 13.8. The van der Waals surface area contributed by atoms with Crippen molar-refractivity contribution < 1.29 is 8.78 Å². The van der Waals surface area contributed by atoms with Gasteiger partial charge in [-0.05, 0) is 25.5 Å². The Kier molecular flexibility index (Phi) is 4.19. The van der Waals surface area contributed by atoms with Crippen LogP contribution in [0.25, 0.3) is 0 Å². The van der Waals surface area contributed by atoms with E-state index in [0.717, 1.165) is 12.5 Å². The van der Waals surface area contributed by atoms with E-state index in [1.807, 2.05) is 11.8 Å². The number of nitrogens with zero attached hydrogens (tertiary/aromatic N) is 2. The van der Waals surface area contributed by atoms with Gasteiger partial charge >= 0.3 is 0 Å². The van der Waals surface area contributed by atoms with Crippen molar-refractivity contribution in [3.8, 4) is 0 Å². The Bertz CT molecular complexity index is 476. The predicted molar refractivity (Wildman–Crippen MR) is 72.3 cm³/mol. The van der Waals surface area contributed by atoms with Gasteiger partial charge in [0.15, 0.2) is 5.96 Å². The number of rotatable bonds is 3. The first kappa shape index (κ1) is 13.6. The van der Waals surface area contributed by atoms with Crippen LogP contribution in [0.15, 0.2) is 23.2 Å². The number of benzene rings is 1. The van der Waals surface area contributed by atoms with Crippen LogP contribution in [0.3, 0.4) is 0 Å². The van der Waals surface area contributed by atoms with Gasteiger partial charge in [0.2, 0.25) is 0 Å². The molecule has 104 valence electrons. The minimum absolute atomic E-state index is 0.139. The Hall–Kier alpha value is -1.85. The molecule has 4 nitrogen and oxygen atoms in total. The summed E-state index contributed by atoms with van der Waals surface area (Å²) in [6, 6.07) is 3.78. The number of hydrogen-bond acceptors (Lipinski definition) is 2. The lowest BCUT2D eigenvalue weighted by molar-refractivity contribution is 0.580. The fourth-order valence-electron chi connectivity index (χ4n) is 2.26. The van der Waals surface area contributed by atoms with E-state index in [1.54, 1.807) is 0 Å². The first-order chi connectivity index (χ1) is 9.10. The first-order valence-corrected chi connectivity index (χ1v) is 6.36. The maximum absolute atomic E-state index is 13.7. The zero-order valence-electron chi connectivity index (χ0n) is 10.9. The van der Waals surface area contributed by atoms with Crippen molar-refractivity contribution in [2.45, 2.75) is 19.4 Å². The van der Waals surface area contributed by atoms with Gasteiger partial charge in [0.05, 0.1) is 5.69 Å². The summed E-state index contributed by atoms with van der Waals surface area (Å²) in [5.41, 5.74) is 6.12. The number of anilines is 1. The van der Waals surface area contributed by atoms with Crippen LogP contribution in [0.1, 0.15) is 13.3 Å². The van der Waals surface area contributed by atoms with Crippen molar-refractivity contribution in [3.63, 3.8) is 0 Å². The Labute approximate surface area is 111 Å². The van der Waals surface area contributed by atoms with E-state index in [0.29, 0.717) is 31.3 Å². The summed E-state index contributed by atoms with van der Waals surface area (Å²) in [6.07, 6.45) is 0.844. The third kappa shape index (κ3) is 3.33. The highest BCUT2D eigenvalue weighted by Gasteiger charge is 2.24. The van der Waals surface area contributed by atoms with Gasteiger partial charge in [0, 0.05) is 31.7 Å². The summed E-state index contributed by atoms with van der Waals surface area (Å²) in [5, 5.41) is 3.10. The molecule has 1 atom stereocenters. The van der Waals surface area contributed by atoms with E-state index >= 15 is 0 Å². The molecular weight excluding hydrogens is 250 g/mol. The predicted octanol–water partition coefficient (Wildman–Crippen LogP) is 1.47. The summed E-state index contributed by atoms with van der Waals surface area (Å²) < 4.78 is 26.5. The van der Waals surface area contributed by atoms with Gasteiger partial charge in [0.25, 0.3) is 0 Å². The van der Waals surface area contributed by atoms with E-state index in [4.69, 9.17) is 5.73 Å². The van der Waals surface area contributed by atoms with Crippen LogP contribution in [0.4, 0.5) is 14.5 Å². The Morgan fingerprint density at radius 3 is 3.00 bits per heavy atom. The van der Waals surface area contributed by atoms with Crippen LogP contribution in [0.2, 0.25) is 0 Å². The normalized spacial score (nSPS) is 19.8. The summed E-state index contributed by atoms with van der Waals surface area (Å²) in [5.74, 6) is -0.681. The second-order valence-corrected chi connectivity index (χ2v) is 4.53. The van der Waals surface area contributed by atoms with E-state index in [9.17, 15) is 8.78 Å². The Morgan fingerprint density at radius 1 is 1.53 bits per heavy atom. The van der Waals surface area contributed by atoms with Gasteiger partial charge in [-0.25, -0.2) is 8.78 Å². The van der Waals surface area contributed by atoms with Crippen molar-refractivity contribution in [3.05, 3.63) is 29.8 Å². The van der Waals surface area contributed by atoms with E-state index in [2.05, 4.69) is 10.3 Å². The molecule has 1 aliphatic heterocycles. The maximum Gasteiger partial charge on any atom is 0.188 e. The Morgan fingerprint density at radius 2 is 2.32 bits per heavy atom. The monoisotopic (exact) mass is 268 g/mol. The van der Waals surface area contributed by atoms with Gasteiger partial charge in [0.1, 0.15) is 11.6 Å². The molecule has 1 aromatic carbocycles. The fraction of sp³-hybridized carbons (Fsp3) is 0.462. The largest absolute Gasteiger partial charge is 0.370 e. The number of guanidine groups is 1. The molecule has 6 heteroatoms. The van der Waals surface area contributed by atoms with Crippen LogP contribution in [-0.2, 0) is 0 Å². The third-order valence-corrected chi connectivity index (χ3v) is 3.12. The first-order valence-electron chi connectivity index (χ1n) is 6.36. The van der Waals surface area contributed by atoms with Crippen molar-refractivity contribution in [2.24, 2.45) is 10.7 Å². The SMILES string of the molecule is CCN=C(N)NC1CCN(c2ccc(F)cc2F)C1. The van der Waals surface area contributed by atoms with Crippen molar-refractivity contribution in [1.82, 2.24) is 5.32 Å². The molecule has 0 spiro atoms. The molecule has 1 aromatic rings. The quantitative estimate of drug-likeness (QED) is 0.644. The number of nitrogens with one attached hydrogen (secondary N) is 1. The lowest BCUT2D eigenvalue weighted by Crippen LogP contribution is -2.41. The van der Waals surface area contributed by atoms with Gasteiger partial charge in [-0.1, -0.05) is 0 Å². The molecule has 0 amide bonds. The summed E-state index contributed by atoms with van der Waals surface area (Å²) in [6.45, 7) is 3.87. The number of halogens is 2. The number of hydrogen-bond donors (Lipinski definition) is 2. The average molecular weight is 268 g/mol. The smallest absolute Gasteiger partial charge is 0.188 e. The molecule has 0 aromatic heterocycles. The molecule has 1 fully saturated rings. The van der Waals surface area contributed by atoms with Gasteiger partial charge in [-0.3, -0.25) is 4.99 Å².